The van der Waals surface area contributed by atoms with Crippen LogP contribution in [0.25, 0.3) is 6.08 Å². The summed E-state index contributed by atoms with van der Waals surface area (Å²) in [5.41, 5.74) is 3.33. The number of anilines is 2. The summed E-state index contributed by atoms with van der Waals surface area (Å²) < 4.78 is 5.41. The van der Waals surface area contributed by atoms with Crippen LogP contribution in [0.2, 0.25) is 0 Å². The molecule has 166 valence electrons. The van der Waals surface area contributed by atoms with Gasteiger partial charge in [-0.15, -0.1) is 11.6 Å². The van der Waals surface area contributed by atoms with Gasteiger partial charge in [0.1, 0.15) is 11.3 Å². The van der Waals surface area contributed by atoms with E-state index < -0.39 is 17.8 Å². The number of ether oxygens (including phenoxy) is 1. The third-order valence-corrected chi connectivity index (χ3v) is 5.74. The Morgan fingerprint density at radius 3 is 2.62 bits per heavy atom. The lowest BCUT2D eigenvalue weighted by molar-refractivity contribution is -0.122. The molecule has 0 aromatic heterocycles. The van der Waals surface area contributed by atoms with Crippen LogP contribution in [0.5, 0.6) is 5.75 Å². The lowest BCUT2D eigenvalue weighted by Crippen LogP contribution is -2.54. The van der Waals surface area contributed by atoms with Crippen molar-refractivity contribution in [3.05, 3.63) is 59.2 Å². The van der Waals surface area contributed by atoms with Gasteiger partial charge in [0.2, 0.25) is 0 Å². The van der Waals surface area contributed by atoms with Crippen molar-refractivity contribution in [2.45, 2.75) is 19.8 Å². The molecule has 0 bridgehead atoms. The smallest absolute Gasteiger partial charge is 0.335 e. The molecular formula is C24H24ClN3O4. The summed E-state index contributed by atoms with van der Waals surface area (Å²) in [4.78, 5) is 41.2. The zero-order valence-corrected chi connectivity index (χ0v) is 18.5. The molecule has 2 aliphatic rings. The first-order valence-corrected chi connectivity index (χ1v) is 11.1. The lowest BCUT2D eigenvalue weighted by atomic mass is 10.0. The molecule has 4 rings (SSSR count). The minimum absolute atomic E-state index is 0.0876. The van der Waals surface area contributed by atoms with Crippen molar-refractivity contribution in [1.29, 1.82) is 0 Å². The molecule has 0 unspecified atom stereocenters. The van der Waals surface area contributed by atoms with Crippen molar-refractivity contribution in [3.63, 3.8) is 0 Å². The first-order chi connectivity index (χ1) is 15.5. The summed E-state index contributed by atoms with van der Waals surface area (Å²) in [7, 11) is 0. The highest BCUT2D eigenvalue weighted by atomic mass is 35.5. The van der Waals surface area contributed by atoms with Gasteiger partial charge in [0.15, 0.2) is 0 Å². The van der Waals surface area contributed by atoms with E-state index >= 15 is 0 Å². The molecule has 32 heavy (non-hydrogen) atoms. The van der Waals surface area contributed by atoms with Gasteiger partial charge < -0.3 is 9.64 Å². The Balaban J connectivity index is 1.59. The number of hydrogen-bond acceptors (Lipinski definition) is 5. The highest BCUT2D eigenvalue weighted by Gasteiger charge is 2.36. The second-order valence-electron chi connectivity index (χ2n) is 7.55. The van der Waals surface area contributed by atoms with Gasteiger partial charge in [0.25, 0.3) is 11.8 Å². The Labute approximate surface area is 191 Å². The molecule has 1 fully saturated rings. The average Bonchev–Trinajstić information content (AvgIpc) is 3.18. The van der Waals surface area contributed by atoms with E-state index in [1.807, 2.05) is 25.1 Å². The van der Waals surface area contributed by atoms with Gasteiger partial charge in [0, 0.05) is 24.7 Å². The third-order valence-electron chi connectivity index (χ3n) is 5.48. The predicted molar refractivity (Wildman–Crippen MR) is 124 cm³/mol. The lowest BCUT2D eigenvalue weighted by Gasteiger charge is -2.26. The fraction of sp³-hybridized carbons (Fsp3) is 0.292. The quantitative estimate of drug-likeness (QED) is 0.392. The van der Waals surface area contributed by atoms with Crippen molar-refractivity contribution < 1.29 is 19.1 Å². The van der Waals surface area contributed by atoms with Crippen LogP contribution in [-0.2, 0) is 16.0 Å². The van der Waals surface area contributed by atoms with Crippen molar-refractivity contribution >= 4 is 46.9 Å². The van der Waals surface area contributed by atoms with E-state index in [9.17, 15) is 14.4 Å². The summed E-state index contributed by atoms with van der Waals surface area (Å²) in [6.45, 7) is 4.20. The van der Waals surface area contributed by atoms with E-state index in [-0.39, 0.29) is 5.57 Å². The number of barbiturate groups is 1. The van der Waals surface area contributed by atoms with Gasteiger partial charge in [0.05, 0.1) is 12.3 Å². The summed E-state index contributed by atoms with van der Waals surface area (Å²) >= 11 is 5.82. The number of imide groups is 2. The van der Waals surface area contributed by atoms with Gasteiger partial charge >= 0.3 is 6.03 Å². The van der Waals surface area contributed by atoms with Crippen LogP contribution in [0.1, 0.15) is 24.5 Å². The third kappa shape index (κ3) is 4.34. The van der Waals surface area contributed by atoms with E-state index in [1.165, 1.54) is 6.08 Å². The Kier molecular flexibility index (Phi) is 6.46. The Morgan fingerprint density at radius 2 is 1.91 bits per heavy atom. The van der Waals surface area contributed by atoms with Gasteiger partial charge in [-0.25, -0.2) is 9.69 Å². The molecule has 0 aliphatic carbocycles. The molecule has 2 aliphatic heterocycles. The number of carbonyl (C=O) groups is 3. The number of nitrogens with one attached hydrogen (secondary N) is 1. The number of rotatable bonds is 7. The first-order valence-electron chi connectivity index (χ1n) is 10.6. The van der Waals surface area contributed by atoms with E-state index in [2.05, 4.69) is 10.2 Å². The number of halogens is 1. The van der Waals surface area contributed by atoms with Crippen LogP contribution >= 0.6 is 11.6 Å². The fourth-order valence-corrected chi connectivity index (χ4v) is 4.10. The Morgan fingerprint density at radius 1 is 1.12 bits per heavy atom. The Bertz CT molecular complexity index is 1080. The van der Waals surface area contributed by atoms with E-state index in [0.29, 0.717) is 23.9 Å². The highest BCUT2D eigenvalue weighted by molar-refractivity contribution is 6.39. The second kappa shape index (κ2) is 9.44. The number of fused-ring (bicyclic) bond motifs is 1. The molecule has 7 nitrogen and oxygen atoms in total. The predicted octanol–water partition coefficient (Wildman–Crippen LogP) is 3.74. The Hall–Kier alpha value is -3.32. The molecule has 1 saturated heterocycles. The van der Waals surface area contributed by atoms with Crippen LogP contribution in [0.4, 0.5) is 16.2 Å². The van der Waals surface area contributed by atoms with E-state index in [0.717, 1.165) is 47.6 Å². The molecule has 2 aromatic carbocycles. The minimum Gasteiger partial charge on any atom is -0.494 e. The van der Waals surface area contributed by atoms with Crippen molar-refractivity contribution in [3.8, 4) is 5.75 Å². The maximum atomic E-state index is 13.1. The summed E-state index contributed by atoms with van der Waals surface area (Å²) in [5, 5.41) is 2.26. The number of hydrogen-bond donors (Lipinski definition) is 1. The number of alkyl halides is 1. The average molecular weight is 454 g/mol. The topological polar surface area (TPSA) is 79.0 Å². The zero-order valence-electron chi connectivity index (χ0n) is 17.8. The number of nitrogens with zero attached hydrogens (tertiary/aromatic N) is 2. The van der Waals surface area contributed by atoms with Crippen LogP contribution in [0, 0.1) is 0 Å². The van der Waals surface area contributed by atoms with Crippen LogP contribution in [0.3, 0.4) is 0 Å². The summed E-state index contributed by atoms with van der Waals surface area (Å²) in [5.74, 6) is -0.110. The normalized spacial score (nSPS) is 17.1. The van der Waals surface area contributed by atoms with Crippen LogP contribution in [0.15, 0.2) is 48.0 Å². The molecule has 1 N–H and O–H groups in total. The molecule has 0 radical (unpaired) electrons. The molecule has 0 saturated carbocycles. The summed E-state index contributed by atoms with van der Waals surface area (Å²) in [6.07, 6.45) is 3.34. The second-order valence-corrected chi connectivity index (χ2v) is 7.93. The number of amides is 4. The first kappa shape index (κ1) is 21.9. The molecule has 8 heteroatoms. The minimum atomic E-state index is -0.773. The van der Waals surface area contributed by atoms with Gasteiger partial charge in [-0.3, -0.25) is 14.9 Å². The molecule has 4 amide bonds. The van der Waals surface area contributed by atoms with E-state index in [4.69, 9.17) is 16.3 Å². The number of urea groups is 1. The van der Waals surface area contributed by atoms with Crippen molar-refractivity contribution in [1.82, 2.24) is 5.32 Å². The largest absolute Gasteiger partial charge is 0.494 e. The fourth-order valence-electron chi connectivity index (χ4n) is 3.98. The molecule has 0 atom stereocenters. The van der Waals surface area contributed by atoms with Gasteiger partial charge in [-0.1, -0.05) is 6.07 Å². The van der Waals surface area contributed by atoms with Gasteiger partial charge in [-0.05, 0) is 73.4 Å². The van der Waals surface area contributed by atoms with Gasteiger partial charge in [-0.2, -0.15) is 0 Å². The zero-order chi connectivity index (χ0) is 22.7. The molecule has 2 heterocycles. The van der Waals surface area contributed by atoms with E-state index in [1.54, 1.807) is 24.3 Å². The SMILES string of the molecule is CCOc1ccc(N2C(=O)NC(=O)C(=Cc3ccc4c(c3)CCN4CCCCl)C2=O)cc1. The van der Waals surface area contributed by atoms with Crippen molar-refractivity contribution in [2.75, 3.05) is 35.4 Å². The monoisotopic (exact) mass is 453 g/mol. The maximum absolute atomic E-state index is 13.1. The number of benzene rings is 2. The standard InChI is InChI=1S/C24H24ClN3O4/c1-2-32-19-7-5-18(6-8-19)28-23(30)20(22(29)26-24(28)31)15-16-4-9-21-17(14-16)10-13-27(21)12-3-11-25/h4-9,14-15H,2-3,10-13H2,1H3,(H,26,29,31). The van der Waals surface area contributed by atoms with Crippen LogP contribution in [-0.4, -0.2) is 43.4 Å². The molecular weight excluding hydrogens is 430 g/mol. The molecule has 2 aromatic rings. The van der Waals surface area contributed by atoms with Crippen molar-refractivity contribution in [2.24, 2.45) is 0 Å². The summed E-state index contributed by atoms with van der Waals surface area (Å²) in [6, 6.07) is 11.7. The van der Waals surface area contributed by atoms with Crippen LogP contribution < -0.4 is 19.9 Å². The maximum Gasteiger partial charge on any atom is 0.335 e. The highest BCUT2D eigenvalue weighted by Crippen LogP contribution is 2.30. The number of carbonyl (C=O) groups excluding carboxylic acids is 3. The molecule has 0 spiro atoms.